The van der Waals surface area contributed by atoms with Gasteiger partial charge in [-0.1, -0.05) is 6.07 Å². The molecule has 0 aliphatic carbocycles. The number of hydrogen-bond donors (Lipinski definition) is 1. The molecular formula is C10H14N4. The number of fused-ring (bicyclic) bond motifs is 1. The van der Waals surface area contributed by atoms with Crippen molar-refractivity contribution in [2.45, 2.75) is 26.3 Å². The number of aromatic nitrogens is 3. The summed E-state index contributed by atoms with van der Waals surface area (Å²) in [5, 5.41) is 8.16. The molecule has 0 aliphatic heterocycles. The second kappa shape index (κ2) is 3.38. The van der Waals surface area contributed by atoms with Gasteiger partial charge in [-0.3, -0.25) is 4.40 Å². The van der Waals surface area contributed by atoms with Crippen LogP contribution in [0.3, 0.4) is 0 Å². The van der Waals surface area contributed by atoms with E-state index in [1.165, 1.54) is 0 Å². The fraction of sp³-hybridized carbons (Fsp3) is 0.400. The van der Waals surface area contributed by atoms with Crippen molar-refractivity contribution >= 4 is 5.65 Å². The smallest absolute Gasteiger partial charge is 0.164 e. The number of hydrogen-bond acceptors (Lipinski definition) is 3. The van der Waals surface area contributed by atoms with Crippen LogP contribution in [0.15, 0.2) is 18.3 Å². The van der Waals surface area contributed by atoms with Crippen LogP contribution in [0.4, 0.5) is 0 Å². The zero-order valence-corrected chi connectivity index (χ0v) is 8.44. The van der Waals surface area contributed by atoms with Gasteiger partial charge in [-0.15, -0.1) is 10.2 Å². The van der Waals surface area contributed by atoms with Crippen LogP contribution in [0.5, 0.6) is 0 Å². The van der Waals surface area contributed by atoms with Crippen molar-refractivity contribution in [3.8, 4) is 0 Å². The van der Waals surface area contributed by atoms with Gasteiger partial charge >= 0.3 is 0 Å². The first-order valence-corrected chi connectivity index (χ1v) is 4.73. The molecule has 1 unspecified atom stereocenters. The largest absolute Gasteiger partial charge is 0.328 e. The molecule has 0 saturated heterocycles. The van der Waals surface area contributed by atoms with E-state index in [0.29, 0.717) is 0 Å². The van der Waals surface area contributed by atoms with Crippen LogP contribution in [-0.4, -0.2) is 20.6 Å². The van der Waals surface area contributed by atoms with Gasteiger partial charge in [0.15, 0.2) is 5.65 Å². The first-order chi connectivity index (χ1) is 6.68. The monoisotopic (exact) mass is 190 g/mol. The Labute approximate surface area is 82.8 Å². The third-order valence-corrected chi connectivity index (χ3v) is 2.23. The molecule has 2 heterocycles. The van der Waals surface area contributed by atoms with Gasteiger partial charge in [0.1, 0.15) is 5.82 Å². The van der Waals surface area contributed by atoms with Crippen LogP contribution in [0.1, 0.15) is 18.3 Å². The van der Waals surface area contributed by atoms with E-state index in [0.717, 1.165) is 23.5 Å². The minimum atomic E-state index is 0.151. The van der Waals surface area contributed by atoms with Gasteiger partial charge in [-0.2, -0.15) is 0 Å². The van der Waals surface area contributed by atoms with Crippen LogP contribution < -0.4 is 5.73 Å². The summed E-state index contributed by atoms with van der Waals surface area (Å²) in [5.74, 6) is 0.909. The lowest BCUT2D eigenvalue weighted by Crippen LogP contribution is -2.18. The van der Waals surface area contributed by atoms with Crippen molar-refractivity contribution in [2.24, 2.45) is 5.73 Å². The van der Waals surface area contributed by atoms with Crippen molar-refractivity contribution in [1.82, 2.24) is 14.6 Å². The highest BCUT2D eigenvalue weighted by Gasteiger charge is 2.07. The number of pyridine rings is 1. The van der Waals surface area contributed by atoms with E-state index in [1.54, 1.807) is 0 Å². The quantitative estimate of drug-likeness (QED) is 0.766. The van der Waals surface area contributed by atoms with Crippen LogP contribution in [-0.2, 0) is 6.42 Å². The average molecular weight is 190 g/mol. The van der Waals surface area contributed by atoms with Gasteiger partial charge in [-0.05, 0) is 31.9 Å². The molecule has 2 aromatic rings. The average Bonchev–Trinajstić information content (AvgIpc) is 2.49. The van der Waals surface area contributed by atoms with Crippen molar-refractivity contribution in [1.29, 1.82) is 0 Å². The van der Waals surface area contributed by atoms with E-state index >= 15 is 0 Å². The van der Waals surface area contributed by atoms with E-state index in [9.17, 15) is 0 Å². The van der Waals surface area contributed by atoms with E-state index in [1.807, 2.05) is 36.6 Å². The molecule has 0 radical (unpaired) electrons. The highest BCUT2D eigenvalue weighted by Crippen LogP contribution is 2.11. The summed E-state index contributed by atoms with van der Waals surface area (Å²) in [4.78, 5) is 0. The van der Waals surface area contributed by atoms with Gasteiger partial charge in [0.25, 0.3) is 0 Å². The van der Waals surface area contributed by atoms with E-state index in [-0.39, 0.29) is 6.04 Å². The lowest BCUT2D eigenvalue weighted by molar-refractivity contribution is 0.737. The normalized spacial score (nSPS) is 13.4. The van der Waals surface area contributed by atoms with Gasteiger partial charge < -0.3 is 5.73 Å². The molecule has 2 aromatic heterocycles. The Bertz CT molecular complexity index is 444. The fourth-order valence-electron chi connectivity index (χ4n) is 1.59. The molecule has 0 amide bonds. The molecule has 4 heteroatoms. The Kier molecular flexibility index (Phi) is 2.21. The Morgan fingerprint density at radius 3 is 3.00 bits per heavy atom. The maximum absolute atomic E-state index is 5.76. The SMILES string of the molecule is Cc1nnc2c(CC(C)N)cccn12. The Balaban J connectivity index is 2.54. The molecule has 0 aliphatic rings. The molecule has 0 saturated carbocycles. The summed E-state index contributed by atoms with van der Waals surface area (Å²) in [7, 11) is 0. The Morgan fingerprint density at radius 2 is 2.29 bits per heavy atom. The summed E-state index contributed by atoms with van der Waals surface area (Å²) in [6.45, 7) is 3.93. The molecule has 2 rings (SSSR count). The van der Waals surface area contributed by atoms with Gasteiger partial charge in [-0.25, -0.2) is 0 Å². The first kappa shape index (κ1) is 9.15. The van der Waals surface area contributed by atoms with E-state index in [4.69, 9.17) is 5.73 Å². The fourth-order valence-corrected chi connectivity index (χ4v) is 1.59. The second-order valence-corrected chi connectivity index (χ2v) is 3.66. The first-order valence-electron chi connectivity index (χ1n) is 4.73. The van der Waals surface area contributed by atoms with Crippen molar-refractivity contribution in [2.75, 3.05) is 0 Å². The lowest BCUT2D eigenvalue weighted by atomic mass is 10.1. The molecule has 74 valence electrons. The van der Waals surface area contributed by atoms with E-state index < -0.39 is 0 Å². The molecule has 14 heavy (non-hydrogen) atoms. The third-order valence-electron chi connectivity index (χ3n) is 2.23. The van der Waals surface area contributed by atoms with Crippen LogP contribution >= 0.6 is 0 Å². The molecule has 0 bridgehead atoms. The molecule has 4 nitrogen and oxygen atoms in total. The predicted octanol–water partition coefficient (Wildman–Crippen LogP) is 0.927. The molecule has 0 aromatic carbocycles. The zero-order chi connectivity index (χ0) is 10.1. The minimum Gasteiger partial charge on any atom is -0.328 e. The van der Waals surface area contributed by atoms with Crippen LogP contribution in [0, 0.1) is 6.92 Å². The maximum atomic E-state index is 5.76. The molecule has 0 fully saturated rings. The summed E-state index contributed by atoms with van der Waals surface area (Å²) in [6, 6.07) is 4.20. The number of aryl methyl sites for hydroxylation is 1. The Morgan fingerprint density at radius 1 is 1.50 bits per heavy atom. The second-order valence-electron chi connectivity index (χ2n) is 3.66. The summed E-state index contributed by atoms with van der Waals surface area (Å²) < 4.78 is 1.98. The standard InChI is InChI=1S/C10H14N4/c1-7(11)6-9-4-3-5-14-8(2)12-13-10(9)14/h3-5,7H,6,11H2,1-2H3. The van der Waals surface area contributed by atoms with Gasteiger partial charge in [0.2, 0.25) is 0 Å². The van der Waals surface area contributed by atoms with Crippen LogP contribution in [0.2, 0.25) is 0 Å². The minimum absolute atomic E-state index is 0.151. The predicted molar refractivity (Wildman–Crippen MR) is 55.1 cm³/mol. The molecule has 2 N–H and O–H groups in total. The summed E-state index contributed by atoms with van der Waals surface area (Å²) >= 11 is 0. The van der Waals surface area contributed by atoms with Crippen LogP contribution in [0.25, 0.3) is 5.65 Å². The lowest BCUT2D eigenvalue weighted by Gasteiger charge is -2.05. The van der Waals surface area contributed by atoms with Gasteiger partial charge in [0.05, 0.1) is 0 Å². The highest BCUT2D eigenvalue weighted by molar-refractivity contribution is 5.47. The number of nitrogens with two attached hydrogens (primary N) is 1. The zero-order valence-electron chi connectivity index (χ0n) is 8.44. The van der Waals surface area contributed by atoms with Crippen molar-refractivity contribution in [3.63, 3.8) is 0 Å². The van der Waals surface area contributed by atoms with E-state index in [2.05, 4.69) is 10.2 Å². The maximum Gasteiger partial charge on any atom is 0.164 e. The molecule has 1 atom stereocenters. The number of nitrogens with zero attached hydrogens (tertiary/aromatic N) is 3. The summed E-state index contributed by atoms with van der Waals surface area (Å²) in [5.41, 5.74) is 7.84. The topological polar surface area (TPSA) is 56.2 Å². The highest BCUT2D eigenvalue weighted by atomic mass is 15.2. The Hall–Kier alpha value is -1.42. The molecule has 0 spiro atoms. The number of rotatable bonds is 2. The van der Waals surface area contributed by atoms with Gasteiger partial charge in [0, 0.05) is 12.2 Å². The molecular weight excluding hydrogens is 176 g/mol. The summed E-state index contributed by atoms with van der Waals surface area (Å²) in [6.07, 6.45) is 2.80. The third kappa shape index (κ3) is 1.48. The van der Waals surface area contributed by atoms with Crippen molar-refractivity contribution in [3.05, 3.63) is 29.7 Å². The van der Waals surface area contributed by atoms with Crippen molar-refractivity contribution < 1.29 is 0 Å².